The lowest BCUT2D eigenvalue weighted by molar-refractivity contribution is -0.139. The highest BCUT2D eigenvalue weighted by molar-refractivity contribution is 8.00. The molecule has 3 aromatic carbocycles. The van der Waals surface area contributed by atoms with Crippen molar-refractivity contribution in [2.75, 3.05) is 12.3 Å². The molecule has 0 fully saturated rings. The topological polar surface area (TPSA) is 49.4 Å². The largest absolute Gasteiger partial charge is 0.354 e. The van der Waals surface area contributed by atoms with Gasteiger partial charge in [0, 0.05) is 29.4 Å². The van der Waals surface area contributed by atoms with Gasteiger partial charge in [-0.1, -0.05) is 78.7 Å². The highest BCUT2D eigenvalue weighted by atomic mass is 35.5. The SMILES string of the molecule is CCCNC(=O)[C@@H](Cc1ccccc1)N(Cc1ccc(C)cc1)C(=O)CSc1ccc(Cl)cc1. The second kappa shape index (κ2) is 13.2. The van der Waals surface area contributed by atoms with Gasteiger partial charge in [0.05, 0.1) is 5.75 Å². The first-order chi connectivity index (χ1) is 16.5. The average Bonchev–Trinajstić information content (AvgIpc) is 2.86. The second-order valence-electron chi connectivity index (χ2n) is 8.25. The van der Waals surface area contributed by atoms with Crippen LogP contribution in [0, 0.1) is 6.92 Å². The number of aryl methyl sites for hydroxylation is 1. The molecule has 0 aliphatic carbocycles. The maximum Gasteiger partial charge on any atom is 0.243 e. The zero-order valence-corrected chi connectivity index (χ0v) is 21.2. The van der Waals surface area contributed by atoms with Gasteiger partial charge in [-0.25, -0.2) is 0 Å². The fourth-order valence-electron chi connectivity index (χ4n) is 3.57. The molecule has 6 heteroatoms. The molecule has 0 aromatic heterocycles. The zero-order chi connectivity index (χ0) is 24.3. The number of nitrogens with one attached hydrogen (secondary N) is 1. The van der Waals surface area contributed by atoms with Crippen molar-refractivity contribution in [3.63, 3.8) is 0 Å². The van der Waals surface area contributed by atoms with Crippen LogP contribution >= 0.6 is 23.4 Å². The molecular formula is C28H31ClN2O2S. The van der Waals surface area contributed by atoms with Crippen LogP contribution in [0.15, 0.2) is 83.8 Å². The van der Waals surface area contributed by atoms with Gasteiger partial charge in [-0.3, -0.25) is 9.59 Å². The number of rotatable bonds is 11. The molecule has 34 heavy (non-hydrogen) atoms. The van der Waals surface area contributed by atoms with Crippen LogP contribution < -0.4 is 5.32 Å². The summed E-state index contributed by atoms with van der Waals surface area (Å²) >= 11 is 7.44. The molecule has 3 aromatic rings. The van der Waals surface area contributed by atoms with E-state index in [2.05, 4.69) is 5.32 Å². The molecule has 0 saturated carbocycles. The van der Waals surface area contributed by atoms with E-state index in [-0.39, 0.29) is 17.6 Å². The first kappa shape index (κ1) is 25.9. The third kappa shape index (κ3) is 7.93. The van der Waals surface area contributed by atoms with Crippen LogP contribution in [0.2, 0.25) is 5.02 Å². The number of nitrogens with zero attached hydrogens (tertiary/aromatic N) is 1. The second-order valence-corrected chi connectivity index (χ2v) is 9.73. The number of benzene rings is 3. The van der Waals surface area contributed by atoms with E-state index in [1.807, 2.05) is 92.7 Å². The molecule has 0 spiro atoms. The van der Waals surface area contributed by atoms with Gasteiger partial charge in [-0.2, -0.15) is 0 Å². The van der Waals surface area contributed by atoms with Crippen LogP contribution in [0.3, 0.4) is 0 Å². The Morgan fingerprint density at radius 1 is 0.941 bits per heavy atom. The summed E-state index contributed by atoms with van der Waals surface area (Å²) in [7, 11) is 0. The van der Waals surface area contributed by atoms with Crippen molar-refractivity contribution in [1.29, 1.82) is 0 Å². The Bertz CT molecular complexity index is 1060. The number of hydrogen-bond acceptors (Lipinski definition) is 3. The van der Waals surface area contributed by atoms with Crippen molar-refractivity contribution >= 4 is 35.2 Å². The van der Waals surface area contributed by atoms with Crippen molar-refractivity contribution in [1.82, 2.24) is 10.2 Å². The smallest absolute Gasteiger partial charge is 0.243 e. The summed E-state index contributed by atoms with van der Waals surface area (Å²) in [5.74, 6) is 0.0376. The summed E-state index contributed by atoms with van der Waals surface area (Å²) in [4.78, 5) is 29.5. The molecule has 0 aliphatic heterocycles. The number of carbonyl (C=O) groups is 2. The van der Waals surface area contributed by atoms with Gasteiger partial charge in [0.1, 0.15) is 6.04 Å². The molecule has 0 bridgehead atoms. The third-order valence-electron chi connectivity index (χ3n) is 5.47. The lowest BCUT2D eigenvalue weighted by Gasteiger charge is -2.31. The van der Waals surface area contributed by atoms with Gasteiger partial charge < -0.3 is 10.2 Å². The minimum atomic E-state index is -0.603. The minimum absolute atomic E-state index is 0.0758. The zero-order valence-electron chi connectivity index (χ0n) is 19.7. The van der Waals surface area contributed by atoms with Crippen LogP contribution in [-0.4, -0.2) is 35.1 Å². The summed E-state index contributed by atoms with van der Waals surface area (Å²) in [5.41, 5.74) is 3.17. The molecule has 0 heterocycles. The summed E-state index contributed by atoms with van der Waals surface area (Å²) in [6.07, 6.45) is 1.29. The Morgan fingerprint density at radius 2 is 1.62 bits per heavy atom. The molecule has 1 atom stereocenters. The van der Waals surface area contributed by atoms with E-state index in [1.54, 1.807) is 4.90 Å². The first-order valence-corrected chi connectivity index (χ1v) is 12.9. The predicted molar refractivity (Wildman–Crippen MR) is 141 cm³/mol. The monoisotopic (exact) mass is 494 g/mol. The maximum absolute atomic E-state index is 13.6. The third-order valence-corrected chi connectivity index (χ3v) is 6.72. The lowest BCUT2D eigenvalue weighted by atomic mass is 10.0. The summed E-state index contributed by atoms with van der Waals surface area (Å²) < 4.78 is 0. The minimum Gasteiger partial charge on any atom is -0.354 e. The van der Waals surface area contributed by atoms with Crippen molar-refractivity contribution < 1.29 is 9.59 Å². The fourth-order valence-corrected chi connectivity index (χ4v) is 4.48. The van der Waals surface area contributed by atoms with Crippen LogP contribution in [0.25, 0.3) is 0 Å². The summed E-state index contributed by atoms with van der Waals surface area (Å²) in [6, 6.07) is 24.8. The van der Waals surface area contributed by atoms with Crippen molar-refractivity contribution in [2.45, 2.75) is 44.2 Å². The predicted octanol–water partition coefficient (Wildman–Crippen LogP) is 5.91. The first-order valence-electron chi connectivity index (χ1n) is 11.5. The fraction of sp³-hybridized carbons (Fsp3) is 0.286. The van der Waals surface area contributed by atoms with Crippen LogP contribution in [0.5, 0.6) is 0 Å². The number of carbonyl (C=O) groups excluding carboxylic acids is 2. The normalized spacial score (nSPS) is 11.6. The summed E-state index contributed by atoms with van der Waals surface area (Å²) in [6.45, 7) is 5.00. The van der Waals surface area contributed by atoms with E-state index < -0.39 is 6.04 Å². The highest BCUT2D eigenvalue weighted by Gasteiger charge is 2.30. The number of amides is 2. The lowest BCUT2D eigenvalue weighted by Crippen LogP contribution is -2.51. The highest BCUT2D eigenvalue weighted by Crippen LogP contribution is 2.23. The molecule has 4 nitrogen and oxygen atoms in total. The standard InChI is InChI=1S/C28H31ClN2O2S/c1-3-17-30-28(33)26(18-22-7-5-4-6-8-22)31(19-23-11-9-21(2)10-12-23)27(32)20-34-25-15-13-24(29)14-16-25/h4-16,26H,3,17-20H2,1-2H3,(H,30,33)/t26-/m1/s1. The molecule has 0 radical (unpaired) electrons. The van der Waals surface area contributed by atoms with E-state index in [4.69, 9.17) is 11.6 Å². The number of hydrogen-bond donors (Lipinski definition) is 1. The summed E-state index contributed by atoms with van der Waals surface area (Å²) in [5, 5.41) is 3.67. The van der Waals surface area contributed by atoms with Gasteiger partial charge in [-0.05, 0) is 48.7 Å². The van der Waals surface area contributed by atoms with Gasteiger partial charge >= 0.3 is 0 Å². The van der Waals surface area contributed by atoms with Crippen molar-refractivity contribution in [3.05, 3.63) is 101 Å². The van der Waals surface area contributed by atoms with Crippen molar-refractivity contribution in [3.8, 4) is 0 Å². The molecular weight excluding hydrogens is 464 g/mol. The van der Waals surface area contributed by atoms with E-state index in [9.17, 15) is 9.59 Å². The van der Waals surface area contributed by atoms with Gasteiger partial charge in [0.15, 0.2) is 0 Å². The van der Waals surface area contributed by atoms with E-state index in [0.717, 1.165) is 28.0 Å². The maximum atomic E-state index is 13.6. The molecule has 0 aliphatic rings. The molecule has 3 rings (SSSR count). The van der Waals surface area contributed by atoms with Crippen LogP contribution in [-0.2, 0) is 22.6 Å². The Labute approximate surface area is 211 Å². The molecule has 0 saturated heterocycles. The Hall–Kier alpha value is -2.76. The molecule has 0 unspecified atom stereocenters. The van der Waals surface area contributed by atoms with Gasteiger partial charge in [0.2, 0.25) is 11.8 Å². The molecule has 2 amide bonds. The van der Waals surface area contributed by atoms with Crippen LogP contribution in [0.4, 0.5) is 0 Å². The number of halogens is 1. The van der Waals surface area contributed by atoms with Crippen LogP contribution in [0.1, 0.15) is 30.0 Å². The van der Waals surface area contributed by atoms with Gasteiger partial charge in [0.25, 0.3) is 0 Å². The van der Waals surface area contributed by atoms with E-state index in [0.29, 0.717) is 24.5 Å². The van der Waals surface area contributed by atoms with Gasteiger partial charge in [-0.15, -0.1) is 11.8 Å². The van der Waals surface area contributed by atoms with E-state index >= 15 is 0 Å². The quantitative estimate of drug-likeness (QED) is 0.337. The Balaban J connectivity index is 1.87. The number of thioether (sulfide) groups is 1. The molecule has 178 valence electrons. The average molecular weight is 495 g/mol. The molecule has 1 N–H and O–H groups in total. The Kier molecular flexibility index (Phi) is 10.0. The van der Waals surface area contributed by atoms with Crippen molar-refractivity contribution in [2.24, 2.45) is 0 Å². The van der Waals surface area contributed by atoms with E-state index in [1.165, 1.54) is 11.8 Å². The Morgan fingerprint density at radius 3 is 2.26 bits per heavy atom.